The summed E-state index contributed by atoms with van der Waals surface area (Å²) in [5, 5.41) is 2.54. The van der Waals surface area contributed by atoms with Gasteiger partial charge in [-0.05, 0) is 42.5 Å². The van der Waals surface area contributed by atoms with Crippen LogP contribution in [0, 0.1) is 0 Å². The maximum Gasteiger partial charge on any atom is 0.337 e. The Morgan fingerprint density at radius 3 is 2.03 bits per heavy atom. The van der Waals surface area contributed by atoms with Crippen LogP contribution in [0.5, 0.6) is 5.75 Å². The van der Waals surface area contributed by atoms with Gasteiger partial charge >= 0.3 is 11.9 Å². The molecule has 0 bridgehead atoms. The normalized spacial score (nSPS) is 14.2. The van der Waals surface area contributed by atoms with Crippen molar-refractivity contribution in [1.29, 1.82) is 0 Å². The Labute approximate surface area is 196 Å². The van der Waals surface area contributed by atoms with Crippen LogP contribution in [0.25, 0.3) is 0 Å². The van der Waals surface area contributed by atoms with E-state index in [0.717, 1.165) is 0 Å². The van der Waals surface area contributed by atoms with Crippen LogP contribution in [-0.4, -0.2) is 77.7 Å². The second kappa shape index (κ2) is 11.1. The zero-order valence-electron chi connectivity index (χ0n) is 18.6. The number of sulfonamides is 1. The lowest BCUT2D eigenvalue weighted by molar-refractivity contribution is -0.118. The molecule has 3 rings (SSSR count). The van der Waals surface area contributed by atoms with E-state index in [-0.39, 0.29) is 40.5 Å². The van der Waals surface area contributed by atoms with Crippen molar-refractivity contribution >= 4 is 33.6 Å². The van der Waals surface area contributed by atoms with Crippen LogP contribution in [0.4, 0.5) is 5.69 Å². The Morgan fingerprint density at radius 2 is 1.50 bits per heavy atom. The lowest BCUT2D eigenvalue weighted by Gasteiger charge is -2.26. The van der Waals surface area contributed by atoms with Gasteiger partial charge in [0.25, 0.3) is 5.91 Å². The second-order valence-electron chi connectivity index (χ2n) is 7.11. The predicted octanol–water partition coefficient (Wildman–Crippen LogP) is 1.30. The van der Waals surface area contributed by atoms with Gasteiger partial charge in [0.2, 0.25) is 10.0 Å². The van der Waals surface area contributed by atoms with Gasteiger partial charge in [0.1, 0.15) is 5.75 Å². The van der Waals surface area contributed by atoms with Gasteiger partial charge in [-0.2, -0.15) is 4.31 Å². The monoisotopic (exact) mass is 492 g/mol. The van der Waals surface area contributed by atoms with Crippen LogP contribution >= 0.6 is 0 Å². The number of morpholine rings is 1. The third kappa shape index (κ3) is 6.10. The van der Waals surface area contributed by atoms with Gasteiger partial charge in [0.15, 0.2) is 6.61 Å². The van der Waals surface area contributed by atoms with Crippen molar-refractivity contribution < 1.29 is 41.7 Å². The summed E-state index contributed by atoms with van der Waals surface area (Å²) >= 11 is 0. The van der Waals surface area contributed by atoms with E-state index >= 15 is 0 Å². The minimum atomic E-state index is -3.63. The van der Waals surface area contributed by atoms with Gasteiger partial charge in [0.05, 0.1) is 43.5 Å². The van der Waals surface area contributed by atoms with Gasteiger partial charge in [-0.1, -0.05) is 0 Å². The second-order valence-corrected chi connectivity index (χ2v) is 9.04. The molecule has 1 heterocycles. The maximum atomic E-state index is 12.7. The minimum absolute atomic E-state index is 0.0543. The third-order valence-corrected chi connectivity index (χ3v) is 6.77. The third-order valence-electron chi connectivity index (χ3n) is 4.86. The van der Waals surface area contributed by atoms with Crippen molar-refractivity contribution in [3.05, 3.63) is 53.6 Å². The topological polar surface area (TPSA) is 138 Å². The summed E-state index contributed by atoms with van der Waals surface area (Å²) in [5.74, 6) is -1.66. The highest BCUT2D eigenvalue weighted by Gasteiger charge is 2.26. The van der Waals surface area contributed by atoms with Crippen molar-refractivity contribution in [1.82, 2.24) is 4.31 Å². The smallest absolute Gasteiger partial charge is 0.337 e. The number of hydrogen-bond acceptors (Lipinski definition) is 9. The average molecular weight is 493 g/mol. The van der Waals surface area contributed by atoms with E-state index in [4.69, 9.17) is 9.47 Å². The molecule has 0 aromatic heterocycles. The number of carbonyl (C=O) groups is 3. The summed E-state index contributed by atoms with van der Waals surface area (Å²) in [6.45, 7) is 0.870. The lowest BCUT2D eigenvalue weighted by Crippen LogP contribution is -2.40. The highest BCUT2D eigenvalue weighted by atomic mass is 32.2. The van der Waals surface area contributed by atoms with Gasteiger partial charge in [-0.25, -0.2) is 18.0 Å². The molecule has 0 atom stereocenters. The molecule has 12 heteroatoms. The number of ether oxygens (including phenoxy) is 4. The first-order valence-electron chi connectivity index (χ1n) is 10.2. The quantitative estimate of drug-likeness (QED) is 0.540. The minimum Gasteiger partial charge on any atom is -0.484 e. The number of nitrogens with one attached hydrogen (secondary N) is 1. The Morgan fingerprint density at radius 1 is 0.941 bits per heavy atom. The van der Waals surface area contributed by atoms with Crippen molar-refractivity contribution in [2.45, 2.75) is 4.90 Å². The van der Waals surface area contributed by atoms with Crippen LogP contribution in [-0.2, 0) is 29.0 Å². The molecule has 2 aromatic carbocycles. The molecule has 1 N–H and O–H groups in total. The van der Waals surface area contributed by atoms with E-state index in [0.29, 0.717) is 13.2 Å². The van der Waals surface area contributed by atoms with Crippen LogP contribution < -0.4 is 10.1 Å². The van der Waals surface area contributed by atoms with Crippen LogP contribution in [0.15, 0.2) is 47.4 Å². The number of amides is 1. The number of anilines is 1. The van der Waals surface area contributed by atoms with E-state index in [1.807, 2.05) is 0 Å². The number of rotatable bonds is 8. The standard InChI is InChI=1S/C22H24N2O9S/c1-30-21(26)15-11-16(22(27)31-2)13-17(12-15)23-20(25)14-33-18-3-5-19(6-4-18)34(28,29)24-7-9-32-10-8-24/h3-6,11-13H,7-10,14H2,1-2H3,(H,23,25). The molecule has 1 saturated heterocycles. The zero-order valence-corrected chi connectivity index (χ0v) is 19.4. The van der Waals surface area contributed by atoms with E-state index in [1.165, 1.54) is 61.0 Å². The SMILES string of the molecule is COC(=O)c1cc(NC(=O)COc2ccc(S(=O)(=O)N3CCOCC3)cc2)cc(C(=O)OC)c1. The first-order valence-corrected chi connectivity index (χ1v) is 11.6. The first kappa shape index (κ1) is 25.1. The summed E-state index contributed by atoms with van der Waals surface area (Å²) in [4.78, 5) is 36.2. The summed E-state index contributed by atoms with van der Waals surface area (Å²) < 4.78 is 46.6. The Balaban J connectivity index is 1.64. The molecule has 0 saturated carbocycles. The van der Waals surface area contributed by atoms with Gasteiger partial charge in [-0.3, -0.25) is 4.79 Å². The summed E-state index contributed by atoms with van der Waals surface area (Å²) in [6, 6.07) is 9.70. The van der Waals surface area contributed by atoms with Crippen molar-refractivity contribution in [2.75, 3.05) is 52.4 Å². The summed E-state index contributed by atoms with van der Waals surface area (Å²) in [5.41, 5.74) is 0.279. The van der Waals surface area contributed by atoms with Gasteiger partial charge in [0, 0.05) is 18.8 Å². The molecular weight excluding hydrogens is 468 g/mol. The van der Waals surface area contributed by atoms with Crippen LogP contribution in [0.2, 0.25) is 0 Å². The fourth-order valence-electron chi connectivity index (χ4n) is 3.16. The van der Waals surface area contributed by atoms with Crippen LogP contribution in [0.1, 0.15) is 20.7 Å². The fraction of sp³-hybridized carbons (Fsp3) is 0.318. The molecule has 1 fully saturated rings. The molecule has 1 aliphatic rings. The lowest BCUT2D eigenvalue weighted by atomic mass is 10.1. The average Bonchev–Trinajstić information content (AvgIpc) is 2.87. The number of benzene rings is 2. The Kier molecular flexibility index (Phi) is 8.21. The molecule has 1 aliphatic heterocycles. The molecule has 34 heavy (non-hydrogen) atoms. The predicted molar refractivity (Wildman–Crippen MR) is 119 cm³/mol. The molecule has 2 aromatic rings. The largest absolute Gasteiger partial charge is 0.484 e. The van der Waals surface area contributed by atoms with Crippen molar-refractivity contribution in [2.24, 2.45) is 0 Å². The van der Waals surface area contributed by atoms with E-state index in [9.17, 15) is 22.8 Å². The molecular formula is C22H24N2O9S. The molecule has 0 spiro atoms. The zero-order chi connectivity index (χ0) is 24.7. The van der Waals surface area contributed by atoms with Crippen molar-refractivity contribution in [3.63, 3.8) is 0 Å². The van der Waals surface area contributed by atoms with Gasteiger partial charge in [-0.15, -0.1) is 0 Å². The molecule has 0 radical (unpaired) electrons. The first-order chi connectivity index (χ1) is 16.2. The molecule has 0 aliphatic carbocycles. The molecule has 0 unspecified atom stereocenters. The molecule has 1 amide bonds. The summed E-state index contributed by atoms with van der Waals surface area (Å²) in [6.07, 6.45) is 0. The highest BCUT2D eigenvalue weighted by molar-refractivity contribution is 7.89. The summed E-state index contributed by atoms with van der Waals surface area (Å²) in [7, 11) is -1.25. The number of hydrogen-bond donors (Lipinski definition) is 1. The molecule has 182 valence electrons. The number of esters is 2. The fourth-order valence-corrected chi connectivity index (χ4v) is 4.57. The van der Waals surface area contributed by atoms with E-state index < -0.39 is 34.5 Å². The Hall–Kier alpha value is -3.48. The van der Waals surface area contributed by atoms with Crippen molar-refractivity contribution in [3.8, 4) is 5.75 Å². The maximum absolute atomic E-state index is 12.7. The molecule has 11 nitrogen and oxygen atoms in total. The highest BCUT2D eigenvalue weighted by Crippen LogP contribution is 2.21. The Bertz CT molecular complexity index is 1120. The van der Waals surface area contributed by atoms with Gasteiger partial charge < -0.3 is 24.3 Å². The van der Waals surface area contributed by atoms with Crippen LogP contribution in [0.3, 0.4) is 0 Å². The van der Waals surface area contributed by atoms with E-state index in [2.05, 4.69) is 14.8 Å². The van der Waals surface area contributed by atoms with E-state index in [1.54, 1.807) is 0 Å². The number of nitrogens with zero attached hydrogens (tertiary/aromatic N) is 1. The number of carbonyl (C=O) groups excluding carboxylic acids is 3. The number of methoxy groups -OCH3 is 2.